The summed E-state index contributed by atoms with van der Waals surface area (Å²) in [7, 11) is 0. The van der Waals surface area contributed by atoms with E-state index in [2.05, 4.69) is 25.9 Å². The average Bonchev–Trinajstić information content (AvgIpc) is 3.48. The molecule has 2 aromatic carbocycles. The maximum Gasteiger partial charge on any atom is 0.326 e. The van der Waals surface area contributed by atoms with Crippen LogP contribution in [0.1, 0.15) is 29.7 Å². The Morgan fingerprint density at radius 2 is 1.26 bits per heavy atom. The van der Waals surface area contributed by atoms with Gasteiger partial charge in [-0.25, -0.2) is 9.78 Å². The summed E-state index contributed by atoms with van der Waals surface area (Å²) < 4.78 is 0. The maximum absolute atomic E-state index is 13.4. The highest BCUT2D eigenvalue weighted by molar-refractivity contribution is 5.94. The summed E-state index contributed by atoms with van der Waals surface area (Å²) in [6.07, 6.45) is 2.33. The Labute approximate surface area is 241 Å². The second-order valence-corrected chi connectivity index (χ2v) is 9.72. The summed E-state index contributed by atoms with van der Waals surface area (Å²) in [6.45, 7) is 0. The Hall–Kier alpha value is -5.04. The summed E-state index contributed by atoms with van der Waals surface area (Å²) in [4.78, 5) is 69.5. The zero-order valence-corrected chi connectivity index (χ0v) is 22.7. The van der Waals surface area contributed by atoms with E-state index in [0.717, 1.165) is 0 Å². The number of aromatic amines is 1. The number of nitrogens with two attached hydrogens (primary N) is 1. The van der Waals surface area contributed by atoms with Crippen molar-refractivity contribution < 1.29 is 34.2 Å². The molecule has 3 amide bonds. The van der Waals surface area contributed by atoms with Crippen LogP contribution in [-0.4, -0.2) is 74.0 Å². The third kappa shape index (κ3) is 10.2. The largest absolute Gasteiger partial charge is 0.481 e. The molecule has 4 unspecified atom stereocenters. The van der Waals surface area contributed by atoms with Gasteiger partial charge >= 0.3 is 11.9 Å². The second kappa shape index (κ2) is 15.7. The smallest absolute Gasteiger partial charge is 0.326 e. The zero-order chi connectivity index (χ0) is 30.5. The lowest BCUT2D eigenvalue weighted by Crippen LogP contribution is -2.58. The van der Waals surface area contributed by atoms with E-state index in [1.54, 1.807) is 60.7 Å². The fourth-order valence-electron chi connectivity index (χ4n) is 4.19. The van der Waals surface area contributed by atoms with Crippen molar-refractivity contribution in [3.8, 4) is 0 Å². The molecule has 0 spiro atoms. The molecule has 13 heteroatoms. The normalized spacial score (nSPS) is 13.6. The third-order valence-electron chi connectivity index (χ3n) is 6.42. The Morgan fingerprint density at radius 3 is 1.79 bits per heavy atom. The minimum Gasteiger partial charge on any atom is -0.481 e. The van der Waals surface area contributed by atoms with Crippen molar-refractivity contribution in [2.45, 2.75) is 56.3 Å². The first-order chi connectivity index (χ1) is 20.1. The number of H-pyrrole nitrogens is 1. The lowest BCUT2D eigenvalue weighted by Gasteiger charge is -2.25. The molecule has 8 N–H and O–H groups in total. The number of amides is 3. The number of aromatic nitrogens is 2. The van der Waals surface area contributed by atoms with E-state index in [0.29, 0.717) is 16.8 Å². The number of carbonyl (C=O) groups is 5. The van der Waals surface area contributed by atoms with E-state index in [1.807, 2.05) is 0 Å². The van der Waals surface area contributed by atoms with Gasteiger partial charge < -0.3 is 36.9 Å². The molecule has 0 bridgehead atoms. The molecule has 0 fully saturated rings. The molecule has 0 radical (unpaired) electrons. The number of carbonyl (C=O) groups excluding carboxylic acids is 3. The molecule has 0 saturated carbocycles. The minimum absolute atomic E-state index is 0.00895. The SMILES string of the molecule is NC(Cc1cnc[nH]1)C(=O)NC(CCC(=O)O)C(=O)NC(Cc1ccccc1)C(=O)NC(Cc1ccccc1)C(=O)O. The van der Waals surface area contributed by atoms with Crippen LogP contribution in [0.25, 0.3) is 0 Å². The quantitative estimate of drug-likeness (QED) is 0.123. The number of hydrogen-bond acceptors (Lipinski definition) is 7. The van der Waals surface area contributed by atoms with Gasteiger partial charge in [0.1, 0.15) is 18.1 Å². The van der Waals surface area contributed by atoms with Crippen molar-refractivity contribution >= 4 is 29.7 Å². The molecular formula is C29H34N6O7. The average molecular weight is 579 g/mol. The first kappa shape index (κ1) is 31.5. The van der Waals surface area contributed by atoms with Crippen LogP contribution < -0.4 is 21.7 Å². The molecule has 1 aromatic heterocycles. The molecule has 13 nitrogen and oxygen atoms in total. The Kier molecular flexibility index (Phi) is 11.7. The zero-order valence-electron chi connectivity index (χ0n) is 22.7. The summed E-state index contributed by atoms with van der Waals surface area (Å²) in [5.74, 6) is -4.71. The van der Waals surface area contributed by atoms with Crippen molar-refractivity contribution in [1.29, 1.82) is 0 Å². The molecule has 0 aliphatic carbocycles. The highest BCUT2D eigenvalue weighted by Crippen LogP contribution is 2.09. The van der Waals surface area contributed by atoms with Gasteiger partial charge in [0.15, 0.2) is 0 Å². The summed E-state index contributed by atoms with van der Waals surface area (Å²) in [5.41, 5.74) is 7.95. The van der Waals surface area contributed by atoms with Crippen molar-refractivity contribution in [2.75, 3.05) is 0 Å². The van der Waals surface area contributed by atoms with Crippen LogP contribution in [0.3, 0.4) is 0 Å². The van der Waals surface area contributed by atoms with E-state index >= 15 is 0 Å². The number of rotatable bonds is 16. The first-order valence-corrected chi connectivity index (χ1v) is 13.3. The van der Waals surface area contributed by atoms with Gasteiger partial charge in [-0.1, -0.05) is 60.7 Å². The monoisotopic (exact) mass is 578 g/mol. The van der Waals surface area contributed by atoms with Crippen molar-refractivity contribution in [1.82, 2.24) is 25.9 Å². The van der Waals surface area contributed by atoms with Crippen LogP contribution in [0.15, 0.2) is 73.2 Å². The number of hydrogen-bond donors (Lipinski definition) is 7. The van der Waals surface area contributed by atoms with Crippen LogP contribution in [0.5, 0.6) is 0 Å². The van der Waals surface area contributed by atoms with Crippen molar-refractivity contribution in [3.63, 3.8) is 0 Å². The topological polar surface area (TPSA) is 217 Å². The number of nitrogens with zero attached hydrogens (tertiary/aromatic N) is 1. The fraction of sp³-hybridized carbons (Fsp3) is 0.310. The van der Waals surface area contributed by atoms with Crippen LogP contribution >= 0.6 is 0 Å². The number of benzene rings is 2. The standard InChI is InChI=1S/C29H34N6O7/c30-21(15-20-16-31-17-32-20)26(38)33-22(11-12-25(36)37)27(39)34-23(13-18-7-3-1-4-8-18)28(40)35-24(29(41)42)14-19-9-5-2-6-10-19/h1-10,16-17,21-24H,11-15,30H2,(H,31,32)(H,33,38)(H,34,39)(H,35,40)(H,36,37)(H,41,42). The highest BCUT2D eigenvalue weighted by atomic mass is 16.4. The fourth-order valence-corrected chi connectivity index (χ4v) is 4.19. The molecule has 0 saturated heterocycles. The van der Waals surface area contributed by atoms with E-state index in [4.69, 9.17) is 5.73 Å². The van der Waals surface area contributed by atoms with Gasteiger partial charge in [0.25, 0.3) is 0 Å². The van der Waals surface area contributed by atoms with E-state index in [-0.39, 0.29) is 25.7 Å². The minimum atomic E-state index is -1.33. The second-order valence-electron chi connectivity index (χ2n) is 9.72. The van der Waals surface area contributed by atoms with Gasteiger partial charge in [-0.3, -0.25) is 19.2 Å². The van der Waals surface area contributed by atoms with Gasteiger partial charge in [-0.05, 0) is 17.5 Å². The Bertz CT molecular complexity index is 1340. The lowest BCUT2D eigenvalue weighted by molar-refractivity contribution is -0.142. The van der Waals surface area contributed by atoms with Crippen LogP contribution in [0.4, 0.5) is 0 Å². The molecular weight excluding hydrogens is 544 g/mol. The predicted octanol–water partition coefficient (Wildman–Crippen LogP) is 0.169. The number of carboxylic acid groups (broad SMARTS) is 2. The van der Waals surface area contributed by atoms with E-state index in [9.17, 15) is 34.2 Å². The molecule has 222 valence electrons. The van der Waals surface area contributed by atoms with E-state index in [1.165, 1.54) is 12.5 Å². The number of nitrogens with one attached hydrogen (secondary N) is 4. The van der Waals surface area contributed by atoms with Gasteiger partial charge in [0.2, 0.25) is 17.7 Å². The Balaban J connectivity index is 1.77. The van der Waals surface area contributed by atoms with Crippen LogP contribution in [0.2, 0.25) is 0 Å². The predicted molar refractivity (Wildman–Crippen MR) is 151 cm³/mol. The molecule has 42 heavy (non-hydrogen) atoms. The number of aliphatic carboxylic acids is 2. The van der Waals surface area contributed by atoms with Gasteiger partial charge in [-0.2, -0.15) is 0 Å². The van der Waals surface area contributed by atoms with E-state index < -0.39 is 60.2 Å². The molecule has 4 atom stereocenters. The van der Waals surface area contributed by atoms with Gasteiger partial charge in [-0.15, -0.1) is 0 Å². The molecule has 3 aromatic rings. The summed E-state index contributed by atoms with van der Waals surface area (Å²) in [5, 5.41) is 26.5. The molecule has 0 aliphatic heterocycles. The number of carboxylic acids is 2. The maximum atomic E-state index is 13.4. The van der Waals surface area contributed by atoms with Crippen molar-refractivity contribution in [2.24, 2.45) is 5.73 Å². The Morgan fingerprint density at radius 1 is 0.738 bits per heavy atom. The molecule has 1 heterocycles. The summed E-state index contributed by atoms with van der Waals surface area (Å²) >= 11 is 0. The number of imidazole rings is 1. The highest BCUT2D eigenvalue weighted by Gasteiger charge is 2.31. The molecule has 3 rings (SSSR count). The van der Waals surface area contributed by atoms with Gasteiger partial charge in [0, 0.05) is 37.6 Å². The van der Waals surface area contributed by atoms with Crippen molar-refractivity contribution in [3.05, 3.63) is 90.0 Å². The van der Waals surface area contributed by atoms with Gasteiger partial charge in [0.05, 0.1) is 12.4 Å². The lowest BCUT2D eigenvalue weighted by atomic mass is 10.0. The molecule has 0 aliphatic rings. The summed E-state index contributed by atoms with van der Waals surface area (Å²) in [6, 6.07) is 12.6. The first-order valence-electron chi connectivity index (χ1n) is 13.3. The third-order valence-corrected chi connectivity index (χ3v) is 6.42. The van der Waals surface area contributed by atoms with Crippen LogP contribution in [-0.2, 0) is 43.2 Å². The van der Waals surface area contributed by atoms with Crippen LogP contribution in [0, 0.1) is 0 Å².